The molecule has 1 aromatic rings. The summed E-state index contributed by atoms with van der Waals surface area (Å²) < 4.78 is 1.04. The Morgan fingerprint density at radius 3 is 2.16 bits per heavy atom. The average Bonchev–Trinajstić information content (AvgIpc) is 2.40. The molecule has 3 N–H and O–H groups in total. The van der Waals surface area contributed by atoms with E-state index in [-0.39, 0.29) is 5.41 Å². The van der Waals surface area contributed by atoms with Crippen molar-refractivity contribution in [3.8, 4) is 0 Å². The van der Waals surface area contributed by atoms with E-state index in [4.69, 9.17) is 5.73 Å². The molecule has 1 aliphatic rings. The summed E-state index contributed by atoms with van der Waals surface area (Å²) in [7, 11) is 0. The third kappa shape index (κ3) is 3.21. The van der Waals surface area contributed by atoms with Gasteiger partial charge in [-0.25, -0.2) is 0 Å². The Morgan fingerprint density at radius 2 is 1.68 bits per heavy atom. The second-order valence-corrected chi connectivity index (χ2v) is 7.60. The Morgan fingerprint density at radius 1 is 1.16 bits per heavy atom. The first-order chi connectivity index (χ1) is 8.88. The van der Waals surface area contributed by atoms with Gasteiger partial charge in [0.1, 0.15) is 0 Å². The summed E-state index contributed by atoms with van der Waals surface area (Å²) in [4.78, 5) is 0. The van der Waals surface area contributed by atoms with Gasteiger partial charge in [0.05, 0.1) is 6.10 Å². The number of aliphatic hydroxyl groups is 1. The molecule has 1 saturated carbocycles. The molecule has 0 radical (unpaired) electrons. The maximum absolute atomic E-state index is 10.8. The highest BCUT2D eigenvalue weighted by Crippen LogP contribution is 2.50. The van der Waals surface area contributed by atoms with Crippen molar-refractivity contribution in [2.45, 2.75) is 45.6 Å². The topological polar surface area (TPSA) is 46.2 Å². The fourth-order valence-corrected chi connectivity index (χ4v) is 3.28. The molecular formula is C16H24BrNO. The first-order valence-corrected chi connectivity index (χ1v) is 7.81. The van der Waals surface area contributed by atoms with E-state index in [9.17, 15) is 5.11 Å². The first-order valence-electron chi connectivity index (χ1n) is 7.02. The van der Waals surface area contributed by atoms with E-state index in [0.717, 1.165) is 35.7 Å². The van der Waals surface area contributed by atoms with Crippen LogP contribution in [0.4, 0.5) is 0 Å². The quantitative estimate of drug-likeness (QED) is 0.881. The molecule has 0 saturated heterocycles. The number of aliphatic hydroxyl groups excluding tert-OH is 1. The van der Waals surface area contributed by atoms with E-state index in [0.29, 0.717) is 12.0 Å². The Hall–Kier alpha value is -0.380. The van der Waals surface area contributed by atoms with Crippen LogP contribution in [-0.4, -0.2) is 11.7 Å². The first kappa shape index (κ1) is 15.0. The van der Waals surface area contributed by atoms with Crippen LogP contribution in [0.25, 0.3) is 0 Å². The Labute approximate surface area is 124 Å². The average molecular weight is 326 g/mol. The zero-order chi connectivity index (χ0) is 14.1. The number of benzene rings is 1. The van der Waals surface area contributed by atoms with Crippen LogP contribution in [0.15, 0.2) is 28.7 Å². The van der Waals surface area contributed by atoms with Crippen LogP contribution in [0.5, 0.6) is 0 Å². The SMILES string of the molecule is CC1(C)CCC(CN)(C(O)c2ccc(Br)cc2)CC1. The minimum absolute atomic E-state index is 0.149. The molecule has 106 valence electrons. The molecule has 3 heteroatoms. The molecule has 19 heavy (non-hydrogen) atoms. The van der Waals surface area contributed by atoms with Crippen molar-refractivity contribution < 1.29 is 5.11 Å². The van der Waals surface area contributed by atoms with Gasteiger partial charge in [-0.1, -0.05) is 41.9 Å². The zero-order valence-electron chi connectivity index (χ0n) is 11.8. The van der Waals surface area contributed by atoms with Crippen molar-refractivity contribution in [1.82, 2.24) is 0 Å². The molecular weight excluding hydrogens is 302 g/mol. The fourth-order valence-electron chi connectivity index (χ4n) is 3.01. The summed E-state index contributed by atoms with van der Waals surface area (Å²) >= 11 is 3.43. The standard InChI is InChI=1S/C16H24BrNO/c1-15(2)7-9-16(11-18,10-8-15)14(19)12-3-5-13(17)6-4-12/h3-6,14,19H,7-11,18H2,1-2H3. The number of hydrogen-bond donors (Lipinski definition) is 2. The highest BCUT2D eigenvalue weighted by molar-refractivity contribution is 9.10. The molecule has 1 unspecified atom stereocenters. The van der Waals surface area contributed by atoms with Gasteiger partial charge in [0.2, 0.25) is 0 Å². The minimum atomic E-state index is -0.457. The van der Waals surface area contributed by atoms with E-state index < -0.39 is 6.10 Å². The smallest absolute Gasteiger partial charge is 0.0858 e. The summed E-state index contributed by atoms with van der Waals surface area (Å²) in [5.41, 5.74) is 7.24. The van der Waals surface area contributed by atoms with Gasteiger partial charge in [-0.05, 0) is 48.8 Å². The highest BCUT2D eigenvalue weighted by atomic mass is 79.9. The molecule has 0 heterocycles. The Kier molecular flexibility index (Phi) is 4.38. The molecule has 2 rings (SSSR count). The third-order valence-electron chi connectivity index (χ3n) is 4.77. The number of nitrogens with two attached hydrogens (primary N) is 1. The van der Waals surface area contributed by atoms with Gasteiger partial charge >= 0.3 is 0 Å². The zero-order valence-corrected chi connectivity index (χ0v) is 13.4. The van der Waals surface area contributed by atoms with E-state index in [2.05, 4.69) is 29.8 Å². The van der Waals surface area contributed by atoms with Crippen molar-refractivity contribution >= 4 is 15.9 Å². The molecule has 0 aliphatic heterocycles. The monoisotopic (exact) mass is 325 g/mol. The van der Waals surface area contributed by atoms with Crippen LogP contribution in [0.2, 0.25) is 0 Å². The molecule has 1 fully saturated rings. The van der Waals surface area contributed by atoms with E-state index in [1.807, 2.05) is 24.3 Å². The maximum atomic E-state index is 10.8. The lowest BCUT2D eigenvalue weighted by Crippen LogP contribution is -2.41. The molecule has 1 aromatic carbocycles. The van der Waals surface area contributed by atoms with Gasteiger partial charge in [-0.15, -0.1) is 0 Å². The second-order valence-electron chi connectivity index (χ2n) is 6.68. The molecule has 0 aromatic heterocycles. The Balaban J connectivity index is 2.19. The molecule has 2 nitrogen and oxygen atoms in total. The van der Waals surface area contributed by atoms with Crippen LogP contribution < -0.4 is 5.73 Å². The van der Waals surface area contributed by atoms with Crippen molar-refractivity contribution in [2.75, 3.05) is 6.54 Å². The lowest BCUT2D eigenvalue weighted by Gasteiger charge is -2.45. The summed E-state index contributed by atoms with van der Waals surface area (Å²) in [5, 5.41) is 10.8. The fraction of sp³-hybridized carbons (Fsp3) is 0.625. The van der Waals surface area contributed by atoms with Gasteiger partial charge in [-0.3, -0.25) is 0 Å². The second kappa shape index (κ2) is 5.55. The summed E-state index contributed by atoms with van der Waals surface area (Å²) in [6.45, 7) is 5.17. The molecule has 0 bridgehead atoms. The van der Waals surface area contributed by atoms with Gasteiger partial charge in [0, 0.05) is 16.4 Å². The van der Waals surface area contributed by atoms with Crippen LogP contribution in [-0.2, 0) is 0 Å². The number of halogens is 1. The van der Waals surface area contributed by atoms with Crippen LogP contribution >= 0.6 is 15.9 Å². The Bertz CT molecular complexity index is 417. The highest BCUT2D eigenvalue weighted by Gasteiger charge is 2.42. The molecule has 1 aliphatic carbocycles. The summed E-state index contributed by atoms with van der Waals surface area (Å²) in [6.07, 6.45) is 3.83. The van der Waals surface area contributed by atoms with Crippen LogP contribution in [0.1, 0.15) is 51.2 Å². The van der Waals surface area contributed by atoms with Crippen molar-refractivity contribution in [3.05, 3.63) is 34.3 Å². The number of rotatable bonds is 3. The minimum Gasteiger partial charge on any atom is -0.388 e. The van der Waals surface area contributed by atoms with Gasteiger partial charge in [-0.2, -0.15) is 0 Å². The van der Waals surface area contributed by atoms with E-state index >= 15 is 0 Å². The van der Waals surface area contributed by atoms with Crippen molar-refractivity contribution in [2.24, 2.45) is 16.6 Å². The van der Waals surface area contributed by atoms with E-state index in [1.54, 1.807) is 0 Å². The summed E-state index contributed by atoms with van der Waals surface area (Å²) in [5.74, 6) is 0. The van der Waals surface area contributed by atoms with Gasteiger partial charge in [0.15, 0.2) is 0 Å². The maximum Gasteiger partial charge on any atom is 0.0858 e. The van der Waals surface area contributed by atoms with Crippen LogP contribution in [0, 0.1) is 10.8 Å². The predicted octanol–water partition coefficient (Wildman–Crippen LogP) is 4.03. The van der Waals surface area contributed by atoms with Gasteiger partial charge in [0.25, 0.3) is 0 Å². The van der Waals surface area contributed by atoms with Crippen molar-refractivity contribution in [3.63, 3.8) is 0 Å². The molecule has 1 atom stereocenters. The van der Waals surface area contributed by atoms with Crippen molar-refractivity contribution in [1.29, 1.82) is 0 Å². The third-order valence-corrected chi connectivity index (χ3v) is 5.30. The van der Waals surface area contributed by atoms with Crippen LogP contribution in [0.3, 0.4) is 0 Å². The summed E-state index contributed by atoms with van der Waals surface area (Å²) in [6, 6.07) is 7.95. The molecule has 0 spiro atoms. The lowest BCUT2D eigenvalue weighted by molar-refractivity contribution is -0.0235. The van der Waals surface area contributed by atoms with E-state index in [1.165, 1.54) is 0 Å². The largest absolute Gasteiger partial charge is 0.388 e. The normalized spacial score (nSPS) is 23.0. The molecule has 0 amide bonds. The predicted molar refractivity (Wildman–Crippen MR) is 82.8 cm³/mol. The van der Waals surface area contributed by atoms with Gasteiger partial charge < -0.3 is 10.8 Å². The lowest BCUT2D eigenvalue weighted by atomic mass is 9.62. The number of hydrogen-bond acceptors (Lipinski definition) is 2.